The van der Waals surface area contributed by atoms with Crippen LogP contribution in [-0.2, 0) is 0 Å². The Bertz CT molecular complexity index is 670. The summed E-state index contributed by atoms with van der Waals surface area (Å²) in [4.78, 5) is 4.00. The quantitative estimate of drug-likeness (QED) is 0.850. The number of hydrogen-bond acceptors (Lipinski definition) is 3. The predicted octanol–water partition coefficient (Wildman–Crippen LogP) is 3.39. The first-order valence-corrected chi connectivity index (χ1v) is 6.08. The van der Waals surface area contributed by atoms with Crippen LogP contribution in [0.3, 0.4) is 0 Å². The van der Waals surface area contributed by atoms with Crippen molar-refractivity contribution in [1.29, 1.82) is 5.26 Å². The molecule has 4 heteroatoms. The average Bonchev–Trinajstić information content (AvgIpc) is 2.44. The monoisotopic (exact) mass is 269 g/mol. The van der Waals surface area contributed by atoms with Gasteiger partial charge in [-0.1, -0.05) is 23.7 Å². The first-order valence-electron chi connectivity index (χ1n) is 5.70. The van der Waals surface area contributed by atoms with Gasteiger partial charge in [-0.3, -0.25) is 4.98 Å². The summed E-state index contributed by atoms with van der Waals surface area (Å²) in [5.41, 5.74) is 9.33. The Hall–Kier alpha value is -2.31. The third-order valence-electron chi connectivity index (χ3n) is 2.80. The van der Waals surface area contributed by atoms with Crippen molar-refractivity contribution in [3.8, 4) is 6.07 Å². The predicted molar refractivity (Wildman–Crippen MR) is 77.0 cm³/mol. The van der Waals surface area contributed by atoms with Gasteiger partial charge in [0.15, 0.2) is 0 Å². The highest BCUT2D eigenvalue weighted by atomic mass is 35.5. The number of aryl methyl sites for hydroxylation is 1. The van der Waals surface area contributed by atoms with Crippen LogP contribution in [0.15, 0.2) is 42.7 Å². The Balaban J connectivity index is 2.56. The van der Waals surface area contributed by atoms with Gasteiger partial charge < -0.3 is 5.73 Å². The molecular formula is C15H12ClN3. The molecule has 3 nitrogen and oxygen atoms in total. The zero-order valence-corrected chi connectivity index (χ0v) is 11.1. The number of aromatic nitrogens is 1. The van der Waals surface area contributed by atoms with Crippen LogP contribution in [0.4, 0.5) is 0 Å². The lowest BCUT2D eigenvalue weighted by Crippen LogP contribution is -2.01. The lowest BCUT2D eigenvalue weighted by molar-refractivity contribution is 1.31. The van der Waals surface area contributed by atoms with Crippen molar-refractivity contribution >= 4 is 22.9 Å². The van der Waals surface area contributed by atoms with Gasteiger partial charge in [0.2, 0.25) is 0 Å². The molecule has 0 amide bonds. The molecule has 0 unspecified atom stereocenters. The van der Waals surface area contributed by atoms with Gasteiger partial charge >= 0.3 is 0 Å². The first kappa shape index (κ1) is 13.1. The van der Waals surface area contributed by atoms with Crippen LogP contribution < -0.4 is 5.73 Å². The standard InChI is InChI=1S/C15H12ClN3/c1-10-7-11(4-5-14(10)16)15(18)13(8-17)12-3-2-6-19-9-12/h2-7,9H,18H2,1H3/b15-13+. The molecule has 94 valence electrons. The van der Waals surface area contributed by atoms with Crippen LogP contribution in [0.1, 0.15) is 16.7 Å². The molecule has 2 N–H and O–H groups in total. The fraction of sp³-hybridized carbons (Fsp3) is 0.0667. The molecule has 19 heavy (non-hydrogen) atoms. The minimum atomic E-state index is 0.412. The van der Waals surface area contributed by atoms with Gasteiger partial charge in [0, 0.05) is 23.0 Å². The fourth-order valence-electron chi connectivity index (χ4n) is 1.75. The van der Waals surface area contributed by atoms with Crippen molar-refractivity contribution in [2.45, 2.75) is 6.92 Å². The second-order valence-corrected chi connectivity index (χ2v) is 4.51. The Morgan fingerprint density at radius 2 is 2.11 bits per heavy atom. The van der Waals surface area contributed by atoms with Crippen molar-refractivity contribution < 1.29 is 0 Å². The normalized spacial score (nSPS) is 11.6. The van der Waals surface area contributed by atoms with Crippen LogP contribution >= 0.6 is 11.6 Å². The Labute approximate surface area is 117 Å². The van der Waals surface area contributed by atoms with E-state index in [4.69, 9.17) is 17.3 Å². The minimum Gasteiger partial charge on any atom is -0.397 e. The molecule has 2 aromatic rings. The van der Waals surface area contributed by atoms with E-state index in [2.05, 4.69) is 11.1 Å². The lowest BCUT2D eigenvalue weighted by Gasteiger charge is -2.07. The molecule has 0 saturated heterocycles. The van der Waals surface area contributed by atoms with Crippen LogP contribution in [0.25, 0.3) is 11.3 Å². The molecule has 0 spiro atoms. The molecule has 0 saturated carbocycles. The summed E-state index contributed by atoms with van der Waals surface area (Å²) in [5, 5.41) is 9.97. The number of hydrogen-bond donors (Lipinski definition) is 1. The Morgan fingerprint density at radius 1 is 1.32 bits per heavy atom. The van der Waals surface area contributed by atoms with Gasteiger partial charge in [0.25, 0.3) is 0 Å². The Kier molecular flexibility index (Phi) is 3.84. The van der Waals surface area contributed by atoms with Crippen LogP contribution in [0, 0.1) is 18.3 Å². The summed E-state index contributed by atoms with van der Waals surface area (Å²) in [6.07, 6.45) is 3.27. The molecule has 0 radical (unpaired) electrons. The molecule has 0 fully saturated rings. The van der Waals surface area contributed by atoms with Gasteiger partial charge in [-0.2, -0.15) is 5.26 Å². The second-order valence-electron chi connectivity index (χ2n) is 4.11. The SMILES string of the molecule is Cc1cc(/C(N)=C(/C#N)c2cccnc2)ccc1Cl. The first-order chi connectivity index (χ1) is 9.13. The highest BCUT2D eigenvalue weighted by Gasteiger charge is 2.09. The summed E-state index contributed by atoms with van der Waals surface area (Å²) in [7, 11) is 0. The Morgan fingerprint density at radius 3 is 2.68 bits per heavy atom. The second kappa shape index (κ2) is 5.55. The van der Waals surface area contributed by atoms with Gasteiger partial charge in [-0.15, -0.1) is 0 Å². The van der Waals surface area contributed by atoms with Gasteiger partial charge in [0.05, 0.1) is 11.3 Å². The van der Waals surface area contributed by atoms with E-state index < -0.39 is 0 Å². The number of allylic oxidation sites excluding steroid dienone is 1. The smallest absolute Gasteiger partial charge is 0.102 e. The summed E-state index contributed by atoms with van der Waals surface area (Å²) in [6, 6.07) is 11.2. The molecular weight excluding hydrogens is 258 g/mol. The van der Waals surface area contributed by atoms with Crippen molar-refractivity contribution in [1.82, 2.24) is 4.98 Å². The summed E-state index contributed by atoms with van der Waals surface area (Å²) >= 11 is 5.98. The van der Waals surface area contributed by atoms with Crippen LogP contribution in [0.5, 0.6) is 0 Å². The van der Waals surface area contributed by atoms with Gasteiger partial charge in [-0.05, 0) is 36.2 Å². The van der Waals surface area contributed by atoms with E-state index >= 15 is 0 Å². The zero-order chi connectivity index (χ0) is 13.8. The van der Waals surface area contributed by atoms with E-state index in [1.165, 1.54) is 0 Å². The summed E-state index contributed by atoms with van der Waals surface area (Å²) < 4.78 is 0. The molecule has 1 aromatic heterocycles. The van der Waals surface area contributed by atoms with Crippen molar-refractivity contribution in [3.05, 3.63) is 64.4 Å². The van der Waals surface area contributed by atoms with Gasteiger partial charge in [-0.25, -0.2) is 0 Å². The fourth-order valence-corrected chi connectivity index (χ4v) is 1.87. The third kappa shape index (κ3) is 2.75. The number of nitriles is 1. The molecule has 0 bridgehead atoms. The van der Waals surface area contributed by atoms with Crippen molar-refractivity contribution in [3.63, 3.8) is 0 Å². The molecule has 0 atom stereocenters. The topological polar surface area (TPSA) is 62.7 Å². The maximum atomic E-state index is 9.29. The van der Waals surface area contributed by atoms with Gasteiger partial charge in [0.1, 0.15) is 6.07 Å². The van der Waals surface area contributed by atoms with E-state index in [1.54, 1.807) is 36.7 Å². The maximum Gasteiger partial charge on any atom is 0.102 e. The van der Waals surface area contributed by atoms with Crippen LogP contribution in [-0.4, -0.2) is 4.98 Å². The number of benzene rings is 1. The number of pyridine rings is 1. The number of rotatable bonds is 2. The molecule has 1 aromatic carbocycles. The minimum absolute atomic E-state index is 0.412. The lowest BCUT2D eigenvalue weighted by atomic mass is 10.0. The third-order valence-corrected chi connectivity index (χ3v) is 3.22. The van der Waals surface area contributed by atoms with E-state index in [9.17, 15) is 5.26 Å². The van der Waals surface area contributed by atoms with E-state index in [0.29, 0.717) is 21.9 Å². The molecule has 0 aliphatic rings. The number of nitrogens with two attached hydrogens (primary N) is 1. The van der Waals surface area contributed by atoms with Crippen molar-refractivity contribution in [2.24, 2.45) is 5.73 Å². The maximum absolute atomic E-state index is 9.29. The largest absolute Gasteiger partial charge is 0.397 e. The van der Waals surface area contributed by atoms with Crippen LogP contribution in [0.2, 0.25) is 5.02 Å². The van der Waals surface area contributed by atoms with E-state index in [0.717, 1.165) is 11.1 Å². The van der Waals surface area contributed by atoms with E-state index in [-0.39, 0.29) is 0 Å². The highest BCUT2D eigenvalue weighted by molar-refractivity contribution is 6.31. The highest BCUT2D eigenvalue weighted by Crippen LogP contribution is 2.24. The summed E-state index contributed by atoms with van der Waals surface area (Å²) in [6.45, 7) is 1.90. The molecule has 0 aliphatic heterocycles. The summed E-state index contributed by atoms with van der Waals surface area (Å²) in [5.74, 6) is 0. The molecule has 2 rings (SSSR count). The number of nitrogens with zero attached hydrogens (tertiary/aromatic N) is 2. The van der Waals surface area contributed by atoms with E-state index in [1.807, 2.05) is 13.0 Å². The zero-order valence-electron chi connectivity index (χ0n) is 10.4. The molecule has 0 aliphatic carbocycles. The van der Waals surface area contributed by atoms with Crippen molar-refractivity contribution in [2.75, 3.05) is 0 Å². The number of halogens is 1. The molecule has 1 heterocycles. The average molecular weight is 270 g/mol.